The van der Waals surface area contributed by atoms with Crippen molar-refractivity contribution in [1.82, 2.24) is 20.2 Å². The molecule has 10 nitrogen and oxygen atoms in total. The van der Waals surface area contributed by atoms with Gasteiger partial charge in [-0.2, -0.15) is 4.98 Å². The van der Waals surface area contributed by atoms with Crippen molar-refractivity contribution in [1.29, 1.82) is 0 Å². The fourth-order valence-corrected chi connectivity index (χ4v) is 4.70. The van der Waals surface area contributed by atoms with Crippen molar-refractivity contribution in [3.63, 3.8) is 0 Å². The van der Waals surface area contributed by atoms with Crippen LogP contribution in [0.5, 0.6) is 5.75 Å². The highest BCUT2D eigenvalue weighted by Crippen LogP contribution is 2.32. The molecule has 1 unspecified atom stereocenters. The highest BCUT2D eigenvalue weighted by molar-refractivity contribution is 7.85. The maximum Gasteiger partial charge on any atom is 0.251 e. The zero-order valence-electron chi connectivity index (χ0n) is 21.7. The van der Waals surface area contributed by atoms with E-state index in [9.17, 15) is 9.00 Å². The summed E-state index contributed by atoms with van der Waals surface area (Å²) in [6.07, 6.45) is 5.53. The Labute approximate surface area is 230 Å². The topological polar surface area (TPSA) is 112 Å². The number of hydrogen-bond donors (Lipinski definition) is 3. The number of methoxy groups -OCH3 is 1. The van der Waals surface area contributed by atoms with Gasteiger partial charge in [0.2, 0.25) is 5.95 Å². The Balaban J connectivity index is 1.47. The number of benzene rings is 2. The second-order valence-electron chi connectivity index (χ2n) is 8.80. The van der Waals surface area contributed by atoms with Crippen molar-refractivity contribution in [2.24, 2.45) is 0 Å². The largest absolute Gasteiger partial charge is 0.495 e. The Hall–Kier alpha value is -3.41. The number of nitrogens with one attached hydrogen (secondary N) is 3. The summed E-state index contributed by atoms with van der Waals surface area (Å²) in [5, 5.41) is 9.64. The van der Waals surface area contributed by atoms with Crippen molar-refractivity contribution >= 4 is 57.3 Å². The molecule has 0 saturated carbocycles. The summed E-state index contributed by atoms with van der Waals surface area (Å²) in [5.41, 5.74) is 2.51. The van der Waals surface area contributed by atoms with Crippen LogP contribution in [0.15, 0.2) is 48.7 Å². The molecule has 1 aromatic heterocycles. The Morgan fingerprint density at radius 1 is 1.16 bits per heavy atom. The third-order valence-corrected chi connectivity index (χ3v) is 7.49. The van der Waals surface area contributed by atoms with Crippen molar-refractivity contribution in [3.8, 4) is 5.75 Å². The number of nitrogens with zero attached hydrogens (tertiary/aromatic N) is 4. The van der Waals surface area contributed by atoms with E-state index in [1.54, 1.807) is 35.8 Å². The molecular formula is C26H32ClN7O3S. The highest BCUT2D eigenvalue weighted by atomic mass is 35.5. The Bertz CT molecular complexity index is 1300. The van der Waals surface area contributed by atoms with Crippen LogP contribution in [0.2, 0.25) is 5.02 Å². The predicted molar refractivity (Wildman–Crippen MR) is 154 cm³/mol. The van der Waals surface area contributed by atoms with Crippen molar-refractivity contribution in [2.45, 2.75) is 12.8 Å². The average molecular weight is 558 g/mol. The third-order valence-electron chi connectivity index (χ3n) is 6.25. The zero-order chi connectivity index (χ0) is 27.1. The van der Waals surface area contributed by atoms with Crippen LogP contribution in [0, 0.1) is 0 Å². The van der Waals surface area contributed by atoms with E-state index in [4.69, 9.17) is 16.3 Å². The molecule has 3 aromatic rings. The third kappa shape index (κ3) is 6.91. The number of ether oxygens (including phenoxy) is 1. The van der Waals surface area contributed by atoms with Gasteiger partial charge in [-0.3, -0.25) is 9.10 Å². The summed E-state index contributed by atoms with van der Waals surface area (Å²) in [5.74, 6) is 0.977. The van der Waals surface area contributed by atoms with Gasteiger partial charge < -0.3 is 25.6 Å². The molecule has 0 radical (unpaired) electrons. The molecule has 1 aliphatic heterocycles. The molecule has 202 valence electrons. The van der Waals surface area contributed by atoms with Crippen LogP contribution in [0.1, 0.15) is 23.2 Å². The normalized spacial score (nSPS) is 14.1. The quantitative estimate of drug-likeness (QED) is 0.322. The molecule has 0 bridgehead atoms. The summed E-state index contributed by atoms with van der Waals surface area (Å²) < 4.78 is 19.2. The van der Waals surface area contributed by atoms with Gasteiger partial charge in [0, 0.05) is 32.0 Å². The Kier molecular flexibility index (Phi) is 9.38. The molecule has 2 aromatic carbocycles. The van der Waals surface area contributed by atoms with Crippen LogP contribution in [0.3, 0.4) is 0 Å². The lowest BCUT2D eigenvalue weighted by Gasteiger charge is -2.20. The number of hydrogen-bond acceptors (Lipinski definition) is 8. The van der Waals surface area contributed by atoms with Gasteiger partial charge in [-0.1, -0.05) is 23.7 Å². The molecule has 1 saturated heterocycles. The summed E-state index contributed by atoms with van der Waals surface area (Å²) in [4.78, 5) is 23.8. The van der Waals surface area contributed by atoms with Gasteiger partial charge in [0.1, 0.15) is 21.8 Å². The lowest BCUT2D eigenvalue weighted by Crippen LogP contribution is -2.33. The predicted octanol–water partition coefficient (Wildman–Crippen LogP) is 4.18. The lowest BCUT2D eigenvalue weighted by atomic mass is 10.1. The number of amides is 1. The molecular weight excluding hydrogens is 526 g/mol. The Morgan fingerprint density at radius 3 is 2.66 bits per heavy atom. The number of anilines is 5. The van der Waals surface area contributed by atoms with Crippen LogP contribution in [0.4, 0.5) is 28.8 Å². The van der Waals surface area contributed by atoms with Gasteiger partial charge in [0.25, 0.3) is 5.91 Å². The minimum absolute atomic E-state index is 0.153. The number of carbonyl (C=O) groups is 1. The number of aromatic nitrogens is 2. The van der Waals surface area contributed by atoms with E-state index in [0.717, 1.165) is 25.3 Å². The van der Waals surface area contributed by atoms with E-state index >= 15 is 0 Å². The van der Waals surface area contributed by atoms with Crippen LogP contribution in [0.25, 0.3) is 0 Å². The van der Waals surface area contributed by atoms with E-state index in [-0.39, 0.29) is 11.9 Å². The summed E-state index contributed by atoms with van der Waals surface area (Å²) in [6, 6.07) is 12.6. The minimum Gasteiger partial charge on any atom is -0.495 e. The number of para-hydroxylation sites is 2. The van der Waals surface area contributed by atoms with Gasteiger partial charge in [-0.25, -0.2) is 9.19 Å². The lowest BCUT2D eigenvalue weighted by molar-refractivity contribution is 0.0949. The van der Waals surface area contributed by atoms with Gasteiger partial charge >= 0.3 is 0 Å². The molecule has 0 aliphatic carbocycles. The molecule has 1 amide bonds. The number of halogens is 1. The fraction of sp³-hybridized carbons (Fsp3) is 0.346. The van der Waals surface area contributed by atoms with Gasteiger partial charge in [0.05, 0.1) is 30.4 Å². The van der Waals surface area contributed by atoms with Crippen molar-refractivity contribution < 1.29 is 13.7 Å². The number of rotatable bonds is 11. The molecule has 1 atom stereocenters. The van der Waals surface area contributed by atoms with E-state index in [0.29, 0.717) is 40.1 Å². The van der Waals surface area contributed by atoms with E-state index < -0.39 is 11.0 Å². The second kappa shape index (κ2) is 12.9. The van der Waals surface area contributed by atoms with Crippen LogP contribution < -0.4 is 25.0 Å². The van der Waals surface area contributed by atoms with Crippen molar-refractivity contribution in [2.75, 3.05) is 61.5 Å². The van der Waals surface area contributed by atoms with E-state index in [1.165, 1.54) is 26.1 Å². The summed E-state index contributed by atoms with van der Waals surface area (Å²) >= 11 is 6.38. The first-order chi connectivity index (χ1) is 18.4. The van der Waals surface area contributed by atoms with Crippen LogP contribution >= 0.6 is 11.6 Å². The number of likely N-dealkylation sites (tertiary alicyclic amines) is 1. The molecule has 4 rings (SSSR count). The first-order valence-electron chi connectivity index (χ1n) is 12.3. The number of carbonyl (C=O) groups excluding carboxylic acids is 1. The van der Waals surface area contributed by atoms with E-state index in [2.05, 4.69) is 30.8 Å². The zero-order valence-corrected chi connectivity index (χ0v) is 23.2. The highest BCUT2D eigenvalue weighted by Gasteiger charge is 2.16. The smallest absolute Gasteiger partial charge is 0.251 e. The molecule has 12 heteroatoms. The van der Waals surface area contributed by atoms with Crippen molar-refractivity contribution in [3.05, 3.63) is 59.2 Å². The molecule has 2 heterocycles. The van der Waals surface area contributed by atoms with Crippen LogP contribution in [-0.2, 0) is 11.0 Å². The molecule has 1 fully saturated rings. The first kappa shape index (κ1) is 27.6. The molecule has 3 N–H and O–H groups in total. The standard InChI is InChI=1S/C26H32ClN7O3S/c1-33(38(3)36)22-9-5-4-8-20(22)30-24-19(27)17-29-26(32-24)31-21-11-10-18(16-23(21)37-2)25(35)28-12-15-34-13-6-7-14-34/h4-5,8-11,16-17H,6-7,12-15H2,1-3H3,(H,28,35)(H2,29,30,31,32). The Morgan fingerprint density at radius 2 is 1.92 bits per heavy atom. The maximum absolute atomic E-state index is 12.7. The molecule has 0 spiro atoms. The summed E-state index contributed by atoms with van der Waals surface area (Å²) in [6.45, 7) is 3.64. The average Bonchev–Trinajstić information content (AvgIpc) is 3.44. The second-order valence-corrected chi connectivity index (χ2v) is 10.6. The molecule has 1 aliphatic rings. The van der Waals surface area contributed by atoms with Gasteiger partial charge in [0.15, 0.2) is 5.82 Å². The summed E-state index contributed by atoms with van der Waals surface area (Å²) in [7, 11) is 2.08. The van der Waals surface area contributed by atoms with E-state index in [1.807, 2.05) is 24.3 Å². The molecule has 38 heavy (non-hydrogen) atoms. The van der Waals surface area contributed by atoms with Crippen LogP contribution in [-0.4, -0.2) is 71.6 Å². The minimum atomic E-state index is -1.21. The fourth-order valence-electron chi connectivity index (χ4n) is 4.13. The monoisotopic (exact) mass is 557 g/mol. The van der Waals surface area contributed by atoms with Gasteiger partial charge in [-0.15, -0.1) is 0 Å². The van der Waals surface area contributed by atoms with Gasteiger partial charge in [-0.05, 0) is 56.3 Å². The SMILES string of the molecule is COc1cc(C(=O)NCCN2CCCC2)ccc1Nc1ncc(Cl)c(Nc2ccccc2N(C)S(C)=O)n1. The first-order valence-corrected chi connectivity index (χ1v) is 14.2. The maximum atomic E-state index is 12.7.